The first-order chi connectivity index (χ1) is 16.8. The van der Waals surface area contributed by atoms with Gasteiger partial charge in [0.2, 0.25) is 0 Å². The van der Waals surface area contributed by atoms with E-state index in [1.165, 1.54) is 30.6 Å². The monoisotopic (exact) mass is 514 g/mol. The summed E-state index contributed by atoms with van der Waals surface area (Å²) in [6.45, 7) is 6.50. The lowest BCUT2D eigenvalue weighted by Gasteiger charge is -2.18. The number of imidazole rings is 1. The highest BCUT2D eigenvalue weighted by Crippen LogP contribution is 2.40. The van der Waals surface area contributed by atoms with Crippen LogP contribution >= 0.6 is 11.3 Å². The molecule has 3 heterocycles. The number of rotatable bonds is 7. The molecule has 0 saturated carbocycles. The Morgan fingerprint density at radius 1 is 1.17 bits per heavy atom. The van der Waals surface area contributed by atoms with Crippen LogP contribution in [0.25, 0.3) is 16.1 Å². The lowest BCUT2D eigenvalue weighted by atomic mass is 9.96. The number of anilines is 2. The van der Waals surface area contributed by atoms with Crippen LogP contribution in [0.3, 0.4) is 0 Å². The number of hydrogen-bond acceptors (Lipinski definition) is 7. The zero-order valence-corrected chi connectivity index (χ0v) is 20.7. The smallest absolute Gasteiger partial charge is 0.271 e. The van der Waals surface area contributed by atoms with Crippen LogP contribution in [0.2, 0.25) is 0 Å². The molecule has 9 nitrogen and oxygen atoms in total. The van der Waals surface area contributed by atoms with Gasteiger partial charge in [0, 0.05) is 10.9 Å². The maximum absolute atomic E-state index is 14.9. The zero-order valence-electron chi connectivity index (χ0n) is 19.9. The summed E-state index contributed by atoms with van der Waals surface area (Å²) in [4.78, 5) is 28.7. The Morgan fingerprint density at radius 3 is 2.42 bits per heavy atom. The number of carbonyl (C=O) groups excluding carboxylic acids is 2. The minimum absolute atomic E-state index is 0.0184. The van der Waals surface area contributed by atoms with Crippen molar-refractivity contribution in [2.75, 3.05) is 5.32 Å². The SMILES string of the molecule is CC(C)NC(=O)c1cn2nc(Nc3sc(-c4c(F)cc(C(C)(C)O)cc4F)cc3C(N)=O)ccc2n1. The van der Waals surface area contributed by atoms with Gasteiger partial charge < -0.3 is 21.5 Å². The van der Waals surface area contributed by atoms with Crippen molar-refractivity contribution in [2.45, 2.75) is 39.3 Å². The summed E-state index contributed by atoms with van der Waals surface area (Å²) < 4.78 is 31.2. The molecule has 4 rings (SSSR count). The molecule has 0 aliphatic heterocycles. The van der Waals surface area contributed by atoms with Gasteiger partial charge in [-0.3, -0.25) is 9.59 Å². The van der Waals surface area contributed by atoms with Gasteiger partial charge in [-0.2, -0.15) is 0 Å². The molecule has 0 aliphatic rings. The van der Waals surface area contributed by atoms with Crippen molar-refractivity contribution >= 4 is 39.6 Å². The van der Waals surface area contributed by atoms with E-state index in [1.807, 2.05) is 13.8 Å². The number of primary amides is 1. The number of hydrogen-bond donors (Lipinski definition) is 4. The highest BCUT2D eigenvalue weighted by atomic mass is 32.1. The lowest BCUT2D eigenvalue weighted by Crippen LogP contribution is -2.30. The van der Waals surface area contributed by atoms with Gasteiger partial charge in [-0.05, 0) is 63.6 Å². The molecule has 2 amide bonds. The first-order valence-electron chi connectivity index (χ1n) is 10.9. The molecule has 5 N–H and O–H groups in total. The van der Waals surface area contributed by atoms with E-state index in [9.17, 15) is 23.5 Å². The maximum atomic E-state index is 14.9. The van der Waals surface area contributed by atoms with Crippen LogP contribution in [0.4, 0.5) is 19.6 Å². The van der Waals surface area contributed by atoms with Gasteiger partial charge in [-0.1, -0.05) is 0 Å². The fourth-order valence-electron chi connectivity index (χ4n) is 3.46. The van der Waals surface area contributed by atoms with Crippen molar-refractivity contribution in [3.05, 3.63) is 65.0 Å². The molecule has 0 unspecified atom stereocenters. The van der Waals surface area contributed by atoms with Crippen LogP contribution in [-0.2, 0) is 5.60 Å². The standard InChI is InChI=1S/C24H24F2N6O3S/c1-11(2)28-22(34)16-10-32-19(29-16)6-5-18(31-32)30-23-13(21(27)33)9-17(36-23)20-14(25)7-12(8-15(20)26)24(3,4)35/h5-11,35H,1-4H3,(H2,27,33)(H,28,34)(H,30,31). The molecular weight excluding hydrogens is 490 g/mol. The predicted molar refractivity (Wildman–Crippen MR) is 132 cm³/mol. The second-order valence-corrected chi connectivity index (χ2v) is 10.0. The number of aliphatic hydroxyl groups is 1. The molecule has 0 bridgehead atoms. The Labute approximate surface area is 209 Å². The number of nitrogens with zero attached hydrogens (tertiary/aromatic N) is 3. The van der Waals surface area contributed by atoms with Crippen LogP contribution in [0.5, 0.6) is 0 Å². The Hall–Kier alpha value is -3.90. The molecule has 0 saturated heterocycles. The number of nitrogens with one attached hydrogen (secondary N) is 2. The number of benzene rings is 1. The summed E-state index contributed by atoms with van der Waals surface area (Å²) in [5, 5.41) is 20.4. The Morgan fingerprint density at radius 2 is 1.83 bits per heavy atom. The van der Waals surface area contributed by atoms with Gasteiger partial charge in [0.1, 0.15) is 22.3 Å². The maximum Gasteiger partial charge on any atom is 0.271 e. The minimum atomic E-state index is -1.44. The second-order valence-electron chi connectivity index (χ2n) is 8.99. The van der Waals surface area contributed by atoms with E-state index in [0.717, 1.165) is 23.5 Å². The molecule has 0 fully saturated rings. The second kappa shape index (κ2) is 9.28. The zero-order chi connectivity index (χ0) is 26.4. The summed E-state index contributed by atoms with van der Waals surface area (Å²) in [5.41, 5.74) is 4.43. The Bertz CT molecular complexity index is 1470. The quantitative estimate of drug-likeness (QED) is 0.295. The van der Waals surface area contributed by atoms with E-state index in [0.29, 0.717) is 5.65 Å². The number of fused-ring (bicyclic) bond motifs is 1. The molecule has 36 heavy (non-hydrogen) atoms. The summed E-state index contributed by atoms with van der Waals surface area (Å²) >= 11 is 0.916. The van der Waals surface area contributed by atoms with Crippen LogP contribution in [0, 0.1) is 11.6 Å². The number of thiophene rings is 1. The molecule has 0 spiro atoms. The van der Waals surface area contributed by atoms with Gasteiger partial charge in [-0.25, -0.2) is 18.3 Å². The van der Waals surface area contributed by atoms with E-state index >= 15 is 0 Å². The summed E-state index contributed by atoms with van der Waals surface area (Å²) in [7, 11) is 0. The van der Waals surface area contributed by atoms with E-state index in [-0.39, 0.29) is 50.0 Å². The van der Waals surface area contributed by atoms with Crippen molar-refractivity contribution in [2.24, 2.45) is 5.73 Å². The topological polar surface area (TPSA) is 135 Å². The molecule has 4 aromatic rings. The van der Waals surface area contributed by atoms with Crippen LogP contribution in [-0.4, -0.2) is 37.6 Å². The molecule has 0 aliphatic carbocycles. The number of aromatic nitrogens is 3. The highest BCUT2D eigenvalue weighted by Gasteiger charge is 2.24. The van der Waals surface area contributed by atoms with Crippen molar-refractivity contribution in [1.29, 1.82) is 0 Å². The van der Waals surface area contributed by atoms with Crippen LogP contribution < -0.4 is 16.4 Å². The third-order valence-electron chi connectivity index (χ3n) is 5.21. The van der Waals surface area contributed by atoms with Gasteiger partial charge in [0.05, 0.1) is 22.9 Å². The first-order valence-corrected chi connectivity index (χ1v) is 11.8. The van der Waals surface area contributed by atoms with Crippen molar-refractivity contribution in [3.8, 4) is 10.4 Å². The predicted octanol–water partition coefficient (Wildman–Crippen LogP) is 3.94. The van der Waals surface area contributed by atoms with Crippen LogP contribution in [0.15, 0.2) is 36.5 Å². The molecule has 1 aromatic carbocycles. The minimum Gasteiger partial charge on any atom is -0.386 e. The van der Waals surface area contributed by atoms with Crippen molar-refractivity contribution in [1.82, 2.24) is 19.9 Å². The van der Waals surface area contributed by atoms with Gasteiger partial charge in [-0.15, -0.1) is 16.4 Å². The van der Waals surface area contributed by atoms with E-state index < -0.39 is 23.1 Å². The summed E-state index contributed by atoms with van der Waals surface area (Å²) in [6.07, 6.45) is 1.46. The summed E-state index contributed by atoms with van der Waals surface area (Å²) in [5.74, 6) is -2.64. The molecule has 3 aromatic heterocycles. The van der Waals surface area contributed by atoms with Gasteiger partial charge in [0.15, 0.2) is 11.5 Å². The molecule has 0 atom stereocenters. The number of halogens is 2. The van der Waals surface area contributed by atoms with E-state index in [2.05, 4.69) is 20.7 Å². The fourth-order valence-corrected chi connectivity index (χ4v) is 4.58. The lowest BCUT2D eigenvalue weighted by molar-refractivity contribution is 0.0778. The fraction of sp³-hybridized carbons (Fsp3) is 0.250. The normalized spacial score (nSPS) is 11.8. The Kier molecular flexibility index (Phi) is 6.50. The average Bonchev–Trinajstić information content (AvgIpc) is 3.36. The van der Waals surface area contributed by atoms with Gasteiger partial charge >= 0.3 is 0 Å². The van der Waals surface area contributed by atoms with E-state index in [4.69, 9.17) is 5.73 Å². The highest BCUT2D eigenvalue weighted by molar-refractivity contribution is 7.20. The number of carbonyl (C=O) groups is 2. The van der Waals surface area contributed by atoms with Gasteiger partial charge in [0.25, 0.3) is 11.8 Å². The average molecular weight is 515 g/mol. The molecule has 12 heteroatoms. The first kappa shape index (κ1) is 25.2. The molecule has 0 radical (unpaired) electrons. The molecular formula is C24H24F2N6O3S. The largest absolute Gasteiger partial charge is 0.386 e. The number of amides is 2. The summed E-state index contributed by atoms with van der Waals surface area (Å²) in [6, 6.07) is 6.54. The molecule has 188 valence electrons. The Balaban J connectivity index is 1.69. The van der Waals surface area contributed by atoms with Crippen molar-refractivity contribution in [3.63, 3.8) is 0 Å². The third kappa shape index (κ3) is 5.04. The van der Waals surface area contributed by atoms with E-state index in [1.54, 1.807) is 12.1 Å². The third-order valence-corrected chi connectivity index (χ3v) is 6.27. The van der Waals surface area contributed by atoms with Crippen LogP contribution in [0.1, 0.15) is 54.1 Å². The van der Waals surface area contributed by atoms with Crippen molar-refractivity contribution < 1.29 is 23.5 Å². The number of nitrogens with two attached hydrogens (primary N) is 1.